The zero-order valence-electron chi connectivity index (χ0n) is 17.4. The van der Waals surface area contributed by atoms with Crippen molar-refractivity contribution in [3.63, 3.8) is 0 Å². The van der Waals surface area contributed by atoms with Crippen LogP contribution in [0.2, 0.25) is 5.02 Å². The van der Waals surface area contributed by atoms with Gasteiger partial charge in [-0.1, -0.05) is 25.4 Å². The van der Waals surface area contributed by atoms with Gasteiger partial charge in [0.05, 0.1) is 41.8 Å². The maximum Gasteiger partial charge on any atom is 0.165 e. The summed E-state index contributed by atoms with van der Waals surface area (Å²) in [6.45, 7) is 10.0. The molecule has 1 aliphatic heterocycles. The number of anilines is 1. The fraction of sp³-hybridized carbons (Fsp3) is 0.455. The van der Waals surface area contributed by atoms with Crippen molar-refractivity contribution in [3.05, 3.63) is 40.2 Å². The first-order chi connectivity index (χ1) is 14.1. The van der Waals surface area contributed by atoms with Crippen LogP contribution in [0.5, 0.6) is 5.75 Å². The number of halogens is 1. The van der Waals surface area contributed by atoms with Gasteiger partial charge in [-0.2, -0.15) is 9.61 Å². The number of fused-ring (bicyclic) bond motifs is 2. The fourth-order valence-corrected chi connectivity index (χ4v) is 4.12. The maximum atomic E-state index is 6.63. The van der Waals surface area contributed by atoms with Crippen LogP contribution in [-0.4, -0.2) is 27.2 Å². The first kappa shape index (κ1) is 20.0. The third-order valence-electron chi connectivity index (χ3n) is 5.46. The van der Waals surface area contributed by atoms with Crippen molar-refractivity contribution >= 4 is 23.1 Å². The lowest BCUT2D eigenvalue weighted by atomic mass is 10.1. The van der Waals surface area contributed by atoms with Gasteiger partial charge in [-0.05, 0) is 44.9 Å². The highest BCUT2D eigenvalue weighted by atomic mass is 35.5. The molecule has 0 saturated heterocycles. The van der Waals surface area contributed by atoms with Gasteiger partial charge in [0.25, 0.3) is 0 Å². The Morgan fingerprint density at radius 2 is 2.03 bits per heavy atom. The zero-order chi connectivity index (χ0) is 20.5. The number of aromatic nitrogens is 3. The monoisotopic (exact) mass is 414 g/mol. The van der Waals surface area contributed by atoms with Crippen molar-refractivity contribution < 1.29 is 9.47 Å². The summed E-state index contributed by atoms with van der Waals surface area (Å²) >= 11 is 6.63. The molecule has 2 aromatic heterocycles. The van der Waals surface area contributed by atoms with Gasteiger partial charge in [0.15, 0.2) is 5.65 Å². The average Bonchev–Trinajstić information content (AvgIpc) is 3.30. The molecule has 0 saturated carbocycles. The molecule has 1 aromatic carbocycles. The normalized spacial score (nSPS) is 13.3. The van der Waals surface area contributed by atoms with Crippen molar-refractivity contribution in [1.29, 1.82) is 0 Å². The molecule has 0 aliphatic carbocycles. The number of hydrogen-bond acceptors (Lipinski definition) is 5. The molecule has 0 atom stereocenters. The highest BCUT2D eigenvalue weighted by Gasteiger charge is 2.26. The average molecular weight is 415 g/mol. The Morgan fingerprint density at radius 3 is 2.72 bits per heavy atom. The van der Waals surface area contributed by atoms with Gasteiger partial charge < -0.3 is 14.8 Å². The largest absolute Gasteiger partial charge is 0.494 e. The summed E-state index contributed by atoms with van der Waals surface area (Å²) < 4.78 is 13.2. The van der Waals surface area contributed by atoms with Crippen LogP contribution < -0.4 is 10.1 Å². The number of hydrogen-bond donors (Lipinski definition) is 1. The summed E-state index contributed by atoms with van der Waals surface area (Å²) in [5.74, 6) is 1.74. The van der Waals surface area contributed by atoms with Crippen molar-refractivity contribution in [1.82, 2.24) is 14.6 Å². The van der Waals surface area contributed by atoms with Crippen molar-refractivity contribution in [3.8, 4) is 16.9 Å². The van der Waals surface area contributed by atoms with E-state index in [4.69, 9.17) is 31.2 Å². The standard InChI is InChI=1S/C22H27ClN4O2/c1-5-14(6-2)24-21-17-11-28-12-19(17)25-22-20(13(4)26-27(21)22)16-9-8-15(29-7-3)10-18(16)23/h8-10,14,24H,5-7,11-12H2,1-4H3. The van der Waals surface area contributed by atoms with Gasteiger partial charge in [-0.3, -0.25) is 0 Å². The topological polar surface area (TPSA) is 60.7 Å². The third-order valence-corrected chi connectivity index (χ3v) is 5.77. The predicted octanol–water partition coefficient (Wildman–Crippen LogP) is 5.39. The van der Waals surface area contributed by atoms with Crippen molar-refractivity contribution in [2.24, 2.45) is 0 Å². The molecule has 3 heterocycles. The van der Waals surface area contributed by atoms with E-state index in [-0.39, 0.29) is 0 Å². The number of benzene rings is 1. The lowest BCUT2D eigenvalue weighted by Crippen LogP contribution is -2.21. The Hall–Kier alpha value is -2.31. The first-order valence-corrected chi connectivity index (χ1v) is 10.6. The minimum absolute atomic E-state index is 0.368. The Bertz CT molecular complexity index is 1040. The Labute approximate surface area is 176 Å². The molecular formula is C22H27ClN4O2. The molecule has 154 valence electrons. The molecule has 3 aromatic rings. The summed E-state index contributed by atoms with van der Waals surface area (Å²) in [5, 5.41) is 9.14. The van der Waals surface area contributed by atoms with Crippen LogP contribution in [0.25, 0.3) is 16.8 Å². The molecule has 0 amide bonds. The van der Waals surface area contributed by atoms with Crippen LogP contribution in [0.1, 0.15) is 50.6 Å². The molecule has 7 heteroatoms. The number of ether oxygens (including phenoxy) is 2. The van der Waals surface area contributed by atoms with Crippen LogP contribution in [0.4, 0.5) is 5.82 Å². The minimum Gasteiger partial charge on any atom is -0.494 e. The van der Waals surface area contributed by atoms with Gasteiger partial charge in [-0.15, -0.1) is 0 Å². The molecule has 1 N–H and O–H groups in total. The van der Waals surface area contributed by atoms with Crippen LogP contribution in [0, 0.1) is 6.92 Å². The SMILES string of the molecule is CCOc1ccc(-c2c(C)nn3c(NC(CC)CC)c4c(nc23)COC4)c(Cl)c1. The summed E-state index contributed by atoms with van der Waals surface area (Å²) in [6.07, 6.45) is 2.07. The number of rotatable bonds is 7. The maximum absolute atomic E-state index is 6.63. The van der Waals surface area contributed by atoms with Crippen LogP contribution in [0.3, 0.4) is 0 Å². The second-order valence-electron chi connectivity index (χ2n) is 7.31. The Morgan fingerprint density at radius 1 is 1.24 bits per heavy atom. The Balaban J connectivity index is 1.90. The second-order valence-corrected chi connectivity index (χ2v) is 7.71. The van der Waals surface area contributed by atoms with E-state index in [9.17, 15) is 0 Å². The molecule has 0 bridgehead atoms. The highest BCUT2D eigenvalue weighted by Crippen LogP contribution is 2.38. The molecule has 0 unspecified atom stereocenters. The predicted molar refractivity (Wildman–Crippen MR) is 116 cm³/mol. The van der Waals surface area contributed by atoms with E-state index < -0.39 is 0 Å². The summed E-state index contributed by atoms with van der Waals surface area (Å²) in [6, 6.07) is 6.14. The summed E-state index contributed by atoms with van der Waals surface area (Å²) in [4.78, 5) is 4.92. The van der Waals surface area contributed by atoms with Gasteiger partial charge in [0, 0.05) is 17.2 Å². The highest BCUT2D eigenvalue weighted by molar-refractivity contribution is 6.33. The van der Waals surface area contributed by atoms with E-state index in [0.717, 1.165) is 58.1 Å². The molecule has 4 rings (SSSR count). The number of aryl methyl sites for hydroxylation is 1. The van der Waals surface area contributed by atoms with E-state index in [2.05, 4.69) is 19.2 Å². The Kier molecular flexibility index (Phi) is 5.65. The van der Waals surface area contributed by atoms with Gasteiger partial charge in [-0.25, -0.2) is 4.98 Å². The lowest BCUT2D eigenvalue weighted by molar-refractivity contribution is 0.133. The summed E-state index contributed by atoms with van der Waals surface area (Å²) in [5.41, 5.74) is 5.60. The molecular weight excluding hydrogens is 388 g/mol. The zero-order valence-corrected chi connectivity index (χ0v) is 18.1. The van der Waals surface area contributed by atoms with Gasteiger partial charge >= 0.3 is 0 Å². The smallest absolute Gasteiger partial charge is 0.165 e. The molecule has 0 spiro atoms. The van der Waals surface area contributed by atoms with E-state index in [1.54, 1.807) is 0 Å². The fourth-order valence-electron chi connectivity index (χ4n) is 3.86. The first-order valence-electron chi connectivity index (χ1n) is 10.2. The summed E-state index contributed by atoms with van der Waals surface area (Å²) in [7, 11) is 0. The van der Waals surface area contributed by atoms with Crippen molar-refractivity contribution in [2.45, 2.75) is 59.8 Å². The van der Waals surface area contributed by atoms with Crippen LogP contribution in [-0.2, 0) is 18.0 Å². The molecule has 1 aliphatic rings. The van der Waals surface area contributed by atoms with Crippen LogP contribution >= 0.6 is 11.6 Å². The van der Waals surface area contributed by atoms with Crippen LogP contribution in [0.15, 0.2) is 18.2 Å². The third kappa shape index (κ3) is 3.55. The van der Waals surface area contributed by atoms with Gasteiger partial charge in [0.1, 0.15) is 11.6 Å². The van der Waals surface area contributed by atoms with Crippen molar-refractivity contribution in [2.75, 3.05) is 11.9 Å². The lowest BCUT2D eigenvalue weighted by Gasteiger charge is -2.19. The molecule has 6 nitrogen and oxygen atoms in total. The number of nitrogens with zero attached hydrogens (tertiary/aromatic N) is 3. The molecule has 0 radical (unpaired) electrons. The van der Waals surface area contributed by atoms with E-state index in [1.165, 1.54) is 0 Å². The number of nitrogens with one attached hydrogen (secondary N) is 1. The van der Waals surface area contributed by atoms with E-state index >= 15 is 0 Å². The minimum atomic E-state index is 0.368. The second kappa shape index (κ2) is 8.20. The van der Waals surface area contributed by atoms with E-state index in [1.807, 2.05) is 36.6 Å². The molecule has 0 fully saturated rings. The quantitative estimate of drug-likeness (QED) is 0.561. The van der Waals surface area contributed by atoms with Gasteiger partial charge in [0.2, 0.25) is 0 Å². The molecule has 29 heavy (non-hydrogen) atoms. The van der Waals surface area contributed by atoms with E-state index in [0.29, 0.717) is 30.9 Å².